The average molecular weight is 331 g/mol. The number of β-amino-alcohol motifs (C(OH)–C–C–N with tert-alkyl or cyclic N) is 1. The van der Waals surface area contributed by atoms with Crippen LogP contribution in [0.5, 0.6) is 5.75 Å². The number of benzene rings is 1. The Bertz CT molecular complexity index is 647. The molecule has 0 saturated carbocycles. The summed E-state index contributed by atoms with van der Waals surface area (Å²) < 4.78 is 5.42. The van der Waals surface area contributed by atoms with Crippen LogP contribution >= 0.6 is 0 Å². The molecule has 2 N–H and O–H groups in total. The fourth-order valence-corrected chi connectivity index (χ4v) is 2.65. The van der Waals surface area contributed by atoms with Crippen LogP contribution in [-0.2, 0) is 4.79 Å². The summed E-state index contributed by atoms with van der Waals surface area (Å²) >= 11 is 0. The Labute approximate surface area is 140 Å². The van der Waals surface area contributed by atoms with E-state index in [0.717, 1.165) is 4.90 Å². The zero-order valence-electron chi connectivity index (χ0n) is 13.8. The molecular formula is C17H21N3O4. The van der Waals surface area contributed by atoms with E-state index in [2.05, 4.69) is 5.32 Å². The number of nitrogens with zero attached hydrogens (tertiary/aromatic N) is 2. The number of aliphatic hydroxyl groups is 1. The van der Waals surface area contributed by atoms with Crippen molar-refractivity contribution in [3.63, 3.8) is 0 Å². The lowest BCUT2D eigenvalue weighted by atomic mass is 9.93. The van der Waals surface area contributed by atoms with Crippen LogP contribution in [0, 0.1) is 11.3 Å². The highest BCUT2D eigenvalue weighted by molar-refractivity contribution is 6.07. The molecule has 1 fully saturated rings. The molecule has 1 atom stereocenters. The minimum atomic E-state index is -1.00. The van der Waals surface area contributed by atoms with E-state index < -0.39 is 17.7 Å². The number of aliphatic hydroxyl groups excluding tert-OH is 1. The Hall–Kier alpha value is -2.59. The first kappa shape index (κ1) is 17.8. The molecule has 2 rings (SSSR count). The van der Waals surface area contributed by atoms with Crippen LogP contribution in [0.1, 0.15) is 32.3 Å². The number of carbonyl (C=O) groups is 2. The van der Waals surface area contributed by atoms with Crippen LogP contribution < -0.4 is 10.1 Å². The molecule has 1 heterocycles. The third-order valence-electron chi connectivity index (χ3n) is 4.27. The second kappa shape index (κ2) is 7.32. The molecular weight excluding hydrogens is 310 g/mol. The van der Waals surface area contributed by atoms with Gasteiger partial charge in [0.1, 0.15) is 24.0 Å². The Balaban J connectivity index is 1.92. The van der Waals surface area contributed by atoms with Gasteiger partial charge >= 0.3 is 6.03 Å². The standard InChI is InChI=1S/C17H21N3O4/c1-3-17(4-2)15(22)20(16(23)19-17)10-13(21)11-24-14-7-5-12(9-18)6-8-14/h5-8,13,21H,3-4,10-11H2,1-2H3,(H,19,23). The van der Waals surface area contributed by atoms with Gasteiger partial charge < -0.3 is 15.2 Å². The number of nitrogens with one attached hydrogen (secondary N) is 1. The van der Waals surface area contributed by atoms with Crippen molar-refractivity contribution in [3.8, 4) is 11.8 Å². The lowest BCUT2D eigenvalue weighted by molar-refractivity contribution is -0.132. The van der Waals surface area contributed by atoms with Crippen LogP contribution in [0.3, 0.4) is 0 Å². The Morgan fingerprint density at radius 3 is 2.42 bits per heavy atom. The first-order valence-corrected chi connectivity index (χ1v) is 7.91. The molecule has 1 aliphatic heterocycles. The summed E-state index contributed by atoms with van der Waals surface area (Å²) in [7, 11) is 0. The van der Waals surface area contributed by atoms with E-state index >= 15 is 0 Å². The van der Waals surface area contributed by atoms with Crippen molar-refractivity contribution in [2.24, 2.45) is 0 Å². The minimum Gasteiger partial charge on any atom is -0.491 e. The first-order valence-electron chi connectivity index (χ1n) is 7.91. The Kier molecular flexibility index (Phi) is 5.42. The van der Waals surface area contributed by atoms with Crippen molar-refractivity contribution in [2.75, 3.05) is 13.2 Å². The number of rotatable bonds is 7. The van der Waals surface area contributed by atoms with Gasteiger partial charge in [-0.1, -0.05) is 13.8 Å². The molecule has 1 saturated heterocycles. The van der Waals surface area contributed by atoms with Gasteiger partial charge in [-0.2, -0.15) is 5.26 Å². The molecule has 1 aliphatic rings. The van der Waals surface area contributed by atoms with Crippen molar-refractivity contribution >= 4 is 11.9 Å². The molecule has 3 amide bonds. The predicted octanol–water partition coefficient (Wildman–Crippen LogP) is 1.41. The van der Waals surface area contributed by atoms with Gasteiger partial charge in [-0.15, -0.1) is 0 Å². The normalized spacial score (nSPS) is 17.3. The van der Waals surface area contributed by atoms with E-state index in [1.165, 1.54) is 0 Å². The van der Waals surface area contributed by atoms with Crippen LogP contribution in [0.2, 0.25) is 0 Å². The first-order chi connectivity index (χ1) is 11.5. The predicted molar refractivity (Wildman–Crippen MR) is 86.2 cm³/mol. The van der Waals surface area contributed by atoms with Gasteiger partial charge in [0.2, 0.25) is 0 Å². The third-order valence-corrected chi connectivity index (χ3v) is 4.27. The van der Waals surface area contributed by atoms with Crippen LogP contribution in [0.25, 0.3) is 0 Å². The number of nitriles is 1. The lowest BCUT2D eigenvalue weighted by Crippen LogP contribution is -2.46. The molecule has 0 aliphatic carbocycles. The van der Waals surface area contributed by atoms with Crippen molar-refractivity contribution in [2.45, 2.75) is 38.3 Å². The Morgan fingerprint density at radius 2 is 1.92 bits per heavy atom. The molecule has 24 heavy (non-hydrogen) atoms. The van der Waals surface area contributed by atoms with E-state index in [-0.39, 0.29) is 19.1 Å². The molecule has 1 unspecified atom stereocenters. The summed E-state index contributed by atoms with van der Waals surface area (Å²) in [5.74, 6) is 0.191. The number of imide groups is 1. The van der Waals surface area contributed by atoms with E-state index in [1.807, 2.05) is 19.9 Å². The zero-order valence-corrected chi connectivity index (χ0v) is 13.8. The van der Waals surface area contributed by atoms with Crippen LogP contribution in [0.4, 0.5) is 4.79 Å². The number of carbonyl (C=O) groups excluding carboxylic acids is 2. The van der Waals surface area contributed by atoms with Crippen molar-refractivity contribution in [1.82, 2.24) is 10.2 Å². The topological polar surface area (TPSA) is 103 Å². The molecule has 0 spiro atoms. The zero-order chi connectivity index (χ0) is 17.7. The molecule has 0 bridgehead atoms. The summed E-state index contributed by atoms with van der Waals surface area (Å²) in [5.41, 5.74) is -0.358. The summed E-state index contributed by atoms with van der Waals surface area (Å²) in [6, 6.07) is 7.98. The Morgan fingerprint density at radius 1 is 1.29 bits per heavy atom. The van der Waals surface area contributed by atoms with Gasteiger partial charge in [0.25, 0.3) is 5.91 Å². The average Bonchev–Trinajstić information content (AvgIpc) is 2.85. The number of hydrogen-bond donors (Lipinski definition) is 2. The summed E-state index contributed by atoms with van der Waals surface area (Å²) in [6.07, 6.45) is 0.00465. The number of ether oxygens (including phenoxy) is 1. The SMILES string of the molecule is CCC1(CC)NC(=O)N(CC(O)COc2ccc(C#N)cc2)C1=O. The molecule has 7 heteroatoms. The molecule has 0 aromatic heterocycles. The minimum absolute atomic E-state index is 0.0613. The third kappa shape index (κ3) is 3.49. The van der Waals surface area contributed by atoms with E-state index in [0.29, 0.717) is 24.2 Å². The quantitative estimate of drug-likeness (QED) is 0.735. The maximum absolute atomic E-state index is 12.4. The van der Waals surface area contributed by atoms with Crippen LogP contribution in [0.15, 0.2) is 24.3 Å². The van der Waals surface area contributed by atoms with Gasteiger partial charge in [0.05, 0.1) is 18.2 Å². The van der Waals surface area contributed by atoms with E-state index in [4.69, 9.17) is 10.00 Å². The van der Waals surface area contributed by atoms with Crippen molar-refractivity contribution in [1.29, 1.82) is 5.26 Å². The second-order valence-corrected chi connectivity index (χ2v) is 5.74. The maximum Gasteiger partial charge on any atom is 0.325 e. The fourth-order valence-electron chi connectivity index (χ4n) is 2.65. The largest absolute Gasteiger partial charge is 0.491 e. The molecule has 7 nitrogen and oxygen atoms in total. The van der Waals surface area contributed by atoms with Crippen molar-refractivity contribution < 1.29 is 19.4 Å². The highest BCUT2D eigenvalue weighted by Crippen LogP contribution is 2.25. The second-order valence-electron chi connectivity index (χ2n) is 5.74. The highest BCUT2D eigenvalue weighted by atomic mass is 16.5. The van der Waals surface area contributed by atoms with Crippen LogP contribution in [-0.4, -0.2) is 46.7 Å². The van der Waals surface area contributed by atoms with Gasteiger partial charge in [0, 0.05) is 0 Å². The highest BCUT2D eigenvalue weighted by Gasteiger charge is 2.48. The van der Waals surface area contributed by atoms with E-state index in [1.54, 1.807) is 24.3 Å². The van der Waals surface area contributed by atoms with Gasteiger partial charge in [-0.25, -0.2) is 4.79 Å². The summed E-state index contributed by atoms with van der Waals surface area (Å²) in [5, 5.41) is 21.5. The van der Waals surface area contributed by atoms with Gasteiger partial charge in [-0.05, 0) is 37.1 Å². The fraction of sp³-hybridized carbons (Fsp3) is 0.471. The summed E-state index contributed by atoms with van der Waals surface area (Å²) in [6.45, 7) is 3.50. The smallest absolute Gasteiger partial charge is 0.325 e. The number of hydrogen-bond acceptors (Lipinski definition) is 5. The maximum atomic E-state index is 12.4. The molecule has 1 aromatic carbocycles. The van der Waals surface area contributed by atoms with Gasteiger partial charge in [-0.3, -0.25) is 9.69 Å². The molecule has 1 aromatic rings. The monoisotopic (exact) mass is 331 g/mol. The number of urea groups is 1. The number of amides is 3. The van der Waals surface area contributed by atoms with E-state index in [9.17, 15) is 14.7 Å². The summed E-state index contributed by atoms with van der Waals surface area (Å²) in [4.78, 5) is 25.5. The van der Waals surface area contributed by atoms with Gasteiger partial charge in [0.15, 0.2) is 0 Å². The lowest BCUT2D eigenvalue weighted by Gasteiger charge is -2.23. The van der Waals surface area contributed by atoms with Crippen molar-refractivity contribution in [3.05, 3.63) is 29.8 Å². The molecule has 128 valence electrons. The molecule has 0 radical (unpaired) electrons.